The summed E-state index contributed by atoms with van der Waals surface area (Å²) in [5.74, 6) is -0.559. The van der Waals surface area contributed by atoms with Gasteiger partial charge in [-0.3, -0.25) is 0 Å². The normalized spacial score (nSPS) is 9.65. The average molecular weight is 237 g/mol. The summed E-state index contributed by atoms with van der Waals surface area (Å²) in [4.78, 5) is 11.3. The van der Waals surface area contributed by atoms with Gasteiger partial charge in [0.1, 0.15) is 17.2 Å². The minimum atomic E-state index is -0.867. The number of nitrogens with zero attached hydrogens (tertiary/aromatic N) is 1. The molecule has 2 aromatic rings. The van der Waals surface area contributed by atoms with Gasteiger partial charge in [-0.1, -0.05) is 24.8 Å². The van der Waals surface area contributed by atoms with E-state index in [4.69, 9.17) is 9.68 Å². The average Bonchev–Trinajstić information content (AvgIpc) is 2.28. The molecule has 0 saturated heterocycles. The van der Waals surface area contributed by atoms with E-state index in [1.54, 1.807) is 24.3 Å². The molecular weight excluding hydrogens is 229 g/mol. The van der Waals surface area contributed by atoms with Crippen molar-refractivity contribution in [2.75, 3.05) is 0 Å². The fourth-order valence-corrected chi connectivity index (χ4v) is 1.53. The van der Waals surface area contributed by atoms with E-state index < -0.39 is 16.9 Å². The van der Waals surface area contributed by atoms with Crippen LogP contribution in [-0.2, 0) is 6.42 Å². The minimum Gasteiger partial charge on any atom is -0.871 e. The topological polar surface area (TPSA) is 77.1 Å². The molecule has 0 spiro atoms. The van der Waals surface area contributed by atoms with Crippen LogP contribution in [0, 0.1) is 11.3 Å². The molecule has 0 aliphatic heterocycles. The molecule has 0 aliphatic carbocycles. The molecule has 80 valence electrons. The van der Waals surface area contributed by atoms with E-state index in [2.05, 4.69) is 0 Å². The molecule has 4 nitrogen and oxygen atoms in total. The Bertz CT molecular complexity index is 655. The zero-order valence-corrected chi connectivity index (χ0v) is 11.6. The fraction of sp³-hybridized carbons (Fsp3) is 0.167. The first-order valence-electron chi connectivity index (χ1n) is 4.84. The first-order chi connectivity index (χ1) is 7.67. The maximum absolute atomic E-state index is 11.7. The molecule has 0 radical (unpaired) electrons. The van der Waals surface area contributed by atoms with Gasteiger partial charge in [-0.05, 0) is 18.1 Å². The van der Waals surface area contributed by atoms with Gasteiger partial charge in [0.25, 0.3) is 0 Å². The number of nitriles is 1. The second kappa shape index (κ2) is 5.37. The molecule has 17 heavy (non-hydrogen) atoms. The summed E-state index contributed by atoms with van der Waals surface area (Å²) in [5, 5.41) is 20.6. The van der Waals surface area contributed by atoms with Crippen molar-refractivity contribution in [2.24, 2.45) is 0 Å². The van der Waals surface area contributed by atoms with E-state index in [1.165, 1.54) is 0 Å². The quantitative estimate of drug-likeness (QED) is 0.438. The SMILES string of the molecule is CCc1ccc2c([O-])c(C#N)c(=O)oc2c1.[Na+]. The number of hydrogen-bond donors (Lipinski definition) is 0. The van der Waals surface area contributed by atoms with Gasteiger partial charge in [-0.2, -0.15) is 5.26 Å². The van der Waals surface area contributed by atoms with Crippen LogP contribution in [-0.4, -0.2) is 0 Å². The zero-order chi connectivity index (χ0) is 11.7. The van der Waals surface area contributed by atoms with E-state index in [-0.39, 0.29) is 40.5 Å². The minimum absolute atomic E-state index is 0. The summed E-state index contributed by atoms with van der Waals surface area (Å²) in [5.41, 5.74) is -0.113. The number of benzene rings is 1. The Balaban J connectivity index is 0.00000144. The maximum Gasteiger partial charge on any atom is 1.00 e. The van der Waals surface area contributed by atoms with Crippen LogP contribution in [0.3, 0.4) is 0 Å². The summed E-state index contributed by atoms with van der Waals surface area (Å²) in [6.07, 6.45) is 0.786. The van der Waals surface area contributed by atoms with Gasteiger partial charge in [-0.25, -0.2) is 4.79 Å². The summed E-state index contributed by atoms with van der Waals surface area (Å²) >= 11 is 0. The van der Waals surface area contributed by atoms with Crippen LogP contribution >= 0.6 is 0 Å². The van der Waals surface area contributed by atoms with Crippen molar-refractivity contribution in [3.63, 3.8) is 0 Å². The van der Waals surface area contributed by atoms with Gasteiger partial charge >= 0.3 is 35.2 Å². The number of aryl methyl sites for hydroxylation is 1. The molecule has 0 amide bonds. The monoisotopic (exact) mass is 237 g/mol. The summed E-state index contributed by atoms with van der Waals surface area (Å²) in [6, 6.07) is 6.58. The summed E-state index contributed by atoms with van der Waals surface area (Å²) < 4.78 is 4.93. The molecule has 1 heterocycles. The molecule has 0 saturated carbocycles. The van der Waals surface area contributed by atoms with E-state index in [0.717, 1.165) is 12.0 Å². The third kappa shape index (κ3) is 2.37. The molecule has 5 heteroatoms. The number of hydrogen-bond acceptors (Lipinski definition) is 4. The van der Waals surface area contributed by atoms with Crippen LogP contribution in [0.1, 0.15) is 18.1 Å². The maximum atomic E-state index is 11.7. The first-order valence-corrected chi connectivity index (χ1v) is 4.84. The fourth-order valence-electron chi connectivity index (χ4n) is 1.53. The van der Waals surface area contributed by atoms with Crippen LogP contribution in [0.25, 0.3) is 11.0 Å². The zero-order valence-electron chi connectivity index (χ0n) is 9.61. The van der Waals surface area contributed by atoms with Crippen molar-refractivity contribution in [1.29, 1.82) is 5.26 Å². The standard InChI is InChI=1S/C12H9NO3.Na/c1-2-7-3-4-8-10(5-7)16-12(15)9(6-13)11(8)14;/h3-5,14H,2H2,1H3;/q;+1/p-1. The second-order valence-corrected chi connectivity index (χ2v) is 3.39. The van der Waals surface area contributed by atoms with Gasteiger partial charge in [0.15, 0.2) is 0 Å². The molecule has 1 aromatic carbocycles. The Morgan fingerprint density at radius 1 is 1.47 bits per heavy atom. The number of rotatable bonds is 1. The van der Waals surface area contributed by atoms with Crippen LogP contribution in [0.4, 0.5) is 0 Å². The van der Waals surface area contributed by atoms with E-state index in [0.29, 0.717) is 0 Å². The second-order valence-electron chi connectivity index (χ2n) is 3.39. The van der Waals surface area contributed by atoms with Crippen molar-refractivity contribution >= 4 is 11.0 Å². The number of fused-ring (bicyclic) bond motifs is 1. The third-order valence-corrected chi connectivity index (χ3v) is 2.44. The molecule has 0 N–H and O–H groups in total. The van der Waals surface area contributed by atoms with Crippen LogP contribution in [0.15, 0.2) is 27.4 Å². The van der Waals surface area contributed by atoms with Gasteiger partial charge < -0.3 is 9.52 Å². The molecule has 0 unspecified atom stereocenters. The first kappa shape index (κ1) is 13.8. The molecule has 2 rings (SSSR count). The Kier molecular flexibility index (Phi) is 4.35. The summed E-state index contributed by atoms with van der Waals surface area (Å²) in [7, 11) is 0. The molecule has 1 aromatic heterocycles. The Morgan fingerprint density at radius 3 is 2.76 bits per heavy atom. The predicted octanol–water partition coefficient (Wildman–Crippen LogP) is -1.70. The largest absolute Gasteiger partial charge is 1.00 e. The van der Waals surface area contributed by atoms with Crippen LogP contribution in [0.2, 0.25) is 0 Å². The molecule has 0 bridgehead atoms. The van der Waals surface area contributed by atoms with Crippen molar-refractivity contribution in [3.8, 4) is 11.8 Å². The molecular formula is C12H8NNaO3. The van der Waals surface area contributed by atoms with E-state index in [9.17, 15) is 9.90 Å². The Labute approximate surface area is 120 Å². The Hall–Kier alpha value is -1.28. The molecule has 0 fully saturated rings. The molecule has 0 aliphatic rings. The van der Waals surface area contributed by atoms with Gasteiger partial charge in [-0.15, -0.1) is 0 Å². The summed E-state index contributed by atoms with van der Waals surface area (Å²) in [6.45, 7) is 1.96. The molecule has 0 atom stereocenters. The van der Waals surface area contributed by atoms with E-state index in [1.807, 2.05) is 6.92 Å². The van der Waals surface area contributed by atoms with Crippen LogP contribution in [0.5, 0.6) is 5.75 Å². The van der Waals surface area contributed by atoms with Crippen molar-refractivity contribution in [2.45, 2.75) is 13.3 Å². The van der Waals surface area contributed by atoms with Crippen molar-refractivity contribution in [3.05, 3.63) is 39.7 Å². The smallest absolute Gasteiger partial charge is 0.871 e. The van der Waals surface area contributed by atoms with Gasteiger partial charge in [0, 0.05) is 5.39 Å². The Morgan fingerprint density at radius 2 is 2.18 bits per heavy atom. The third-order valence-electron chi connectivity index (χ3n) is 2.44. The van der Waals surface area contributed by atoms with Gasteiger partial charge in [0.05, 0.1) is 0 Å². The van der Waals surface area contributed by atoms with Crippen molar-refractivity contribution < 1.29 is 39.1 Å². The predicted molar refractivity (Wildman–Crippen MR) is 56.0 cm³/mol. The van der Waals surface area contributed by atoms with E-state index >= 15 is 0 Å². The van der Waals surface area contributed by atoms with Crippen LogP contribution < -0.4 is 40.3 Å². The van der Waals surface area contributed by atoms with Crippen molar-refractivity contribution in [1.82, 2.24) is 0 Å². The van der Waals surface area contributed by atoms with Gasteiger partial charge in [0.2, 0.25) is 0 Å².